The van der Waals surface area contributed by atoms with Crippen LogP contribution in [0.15, 0.2) is 59.1 Å². The summed E-state index contributed by atoms with van der Waals surface area (Å²) in [5.41, 5.74) is 10.7. The molecule has 14 nitrogen and oxygen atoms in total. The zero-order valence-corrected chi connectivity index (χ0v) is 23.4. The molecule has 45 heavy (non-hydrogen) atoms. The number of thioether (sulfide) groups is 1. The number of aliphatic carboxylic acids is 1. The van der Waals surface area contributed by atoms with E-state index in [2.05, 4.69) is 10.6 Å². The van der Waals surface area contributed by atoms with Gasteiger partial charge >= 0.3 is 109 Å². The molecule has 2 aromatic carbocycles. The number of nitrogens with zero attached hydrogens (tertiary/aromatic N) is 1. The van der Waals surface area contributed by atoms with Gasteiger partial charge in [-0.05, 0) is 35.4 Å². The Hall–Kier alpha value is -1.46. The van der Waals surface area contributed by atoms with Crippen LogP contribution in [0.25, 0.3) is 0 Å². The van der Waals surface area contributed by atoms with Gasteiger partial charge in [-0.2, -0.15) is 0 Å². The SMILES string of the molecule is NC(=O)CNC(=O)c1cccc([C@@H](O)CC2=C(C(=O)O)N3C(=O)CC3(C[C@H](O)c3cccc(C(=O)NCC(N)=O)c3)S2)c1.[KH].[KH]. The van der Waals surface area contributed by atoms with E-state index in [4.69, 9.17) is 11.5 Å². The fourth-order valence-electron chi connectivity index (χ4n) is 4.93. The third-order valence-electron chi connectivity index (χ3n) is 6.89. The fraction of sp³-hybridized carbons (Fsp3) is 0.286. The van der Waals surface area contributed by atoms with Gasteiger partial charge in [-0.1, -0.05) is 36.0 Å². The maximum atomic E-state index is 12.7. The number of amides is 5. The summed E-state index contributed by atoms with van der Waals surface area (Å²) < 4.78 is 0. The number of primary amides is 2. The van der Waals surface area contributed by atoms with Crippen molar-refractivity contribution in [2.24, 2.45) is 11.5 Å². The van der Waals surface area contributed by atoms with Crippen molar-refractivity contribution in [2.45, 2.75) is 36.3 Å². The molecule has 2 aliphatic rings. The summed E-state index contributed by atoms with van der Waals surface area (Å²) in [6, 6.07) is 11.9. The number of nitrogens with two attached hydrogens (primary N) is 2. The van der Waals surface area contributed by atoms with Crippen LogP contribution in [0, 0.1) is 0 Å². The van der Waals surface area contributed by atoms with E-state index < -0.39 is 52.6 Å². The van der Waals surface area contributed by atoms with Crippen molar-refractivity contribution in [3.63, 3.8) is 0 Å². The second kappa shape index (κ2) is 17.1. The Bertz CT molecular complexity index is 1560. The van der Waals surface area contributed by atoms with E-state index in [0.717, 1.165) is 16.7 Å². The molecule has 5 amide bonds. The number of carbonyl (C=O) groups excluding carboxylic acids is 5. The Morgan fingerprint density at radius 1 is 0.867 bits per heavy atom. The van der Waals surface area contributed by atoms with Crippen molar-refractivity contribution in [3.8, 4) is 0 Å². The molecule has 1 unspecified atom stereocenters. The average Bonchev–Trinajstić information content (AvgIpc) is 3.21. The number of β-lactam (4-membered cyclic amide) rings is 1. The average molecular weight is 692 g/mol. The van der Waals surface area contributed by atoms with Crippen molar-refractivity contribution >= 4 is 150 Å². The van der Waals surface area contributed by atoms with Gasteiger partial charge < -0.3 is 37.4 Å². The molecule has 0 aromatic heterocycles. The van der Waals surface area contributed by atoms with Gasteiger partial charge in [0.05, 0.1) is 31.7 Å². The van der Waals surface area contributed by atoms with Gasteiger partial charge in [0.2, 0.25) is 17.7 Å². The normalized spacial score (nSPS) is 17.9. The molecule has 0 spiro atoms. The summed E-state index contributed by atoms with van der Waals surface area (Å²) in [6.45, 7) is -0.741. The molecule has 0 bridgehead atoms. The van der Waals surface area contributed by atoms with Crippen molar-refractivity contribution in [1.82, 2.24) is 15.5 Å². The summed E-state index contributed by atoms with van der Waals surface area (Å²) in [5, 5.41) is 36.8. The Morgan fingerprint density at radius 2 is 1.36 bits per heavy atom. The van der Waals surface area contributed by atoms with Crippen LogP contribution in [0.1, 0.15) is 63.3 Å². The molecule has 1 fully saturated rings. The number of carbonyl (C=O) groups is 6. The molecule has 230 valence electrons. The molecule has 1 saturated heterocycles. The molecule has 0 aliphatic carbocycles. The molecule has 2 aromatic rings. The number of hydrogen-bond donors (Lipinski definition) is 7. The number of rotatable bonds is 13. The van der Waals surface area contributed by atoms with Crippen LogP contribution in [0.2, 0.25) is 0 Å². The Kier molecular flexibility index (Phi) is 15.1. The van der Waals surface area contributed by atoms with E-state index in [1.54, 1.807) is 12.1 Å². The van der Waals surface area contributed by atoms with Crippen LogP contribution in [0.4, 0.5) is 0 Å². The van der Waals surface area contributed by atoms with Crippen molar-refractivity contribution in [3.05, 3.63) is 81.4 Å². The number of aliphatic hydroxyl groups excluding tert-OH is 2. The van der Waals surface area contributed by atoms with Crippen LogP contribution in [0.3, 0.4) is 0 Å². The molecular formula is C28H31K2N5O9S. The van der Waals surface area contributed by atoms with Crippen molar-refractivity contribution in [2.75, 3.05) is 13.1 Å². The molecule has 3 atom stereocenters. The molecule has 0 radical (unpaired) electrons. The summed E-state index contributed by atoms with van der Waals surface area (Å²) in [7, 11) is 0. The van der Waals surface area contributed by atoms with Crippen LogP contribution in [0.5, 0.6) is 0 Å². The topological polar surface area (TPSA) is 242 Å². The molecule has 9 N–H and O–H groups in total. The number of hydrogen-bond acceptors (Lipinski definition) is 9. The number of fused-ring (bicyclic) bond motifs is 1. The zero-order chi connectivity index (χ0) is 31.5. The second-order valence-electron chi connectivity index (χ2n) is 10.0. The molecule has 2 heterocycles. The maximum absolute atomic E-state index is 12.7. The summed E-state index contributed by atoms with van der Waals surface area (Å²) in [6.07, 6.45) is -2.81. The summed E-state index contributed by atoms with van der Waals surface area (Å²) in [4.78, 5) is 71.7. The first-order valence-electron chi connectivity index (χ1n) is 13.0. The first kappa shape index (κ1) is 39.7. The molecular weight excluding hydrogens is 661 g/mol. The molecule has 0 saturated carbocycles. The van der Waals surface area contributed by atoms with Crippen LogP contribution in [-0.4, -0.2) is 176 Å². The minimum atomic E-state index is -1.38. The summed E-state index contributed by atoms with van der Waals surface area (Å²) >= 11 is 1.06. The van der Waals surface area contributed by atoms with Crippen LogP contribution < -0.4 is 22.1 Å². The molecule has 4 rings (SSSR count). The zero-order valence-electron chi connectivity index (χ0n) is 22.6. The predicted molar refractivity (Wildman–Crippen MR) is 166 cm³/mol. The van der Waals surface area contributed by atoms with Gasteiger partial charge in [0.25, 0.3) is 11.8 Å². The monoisotopic (exact) mass is 691 g/mol. The fourth-order valence-corrected chi connectivity index (χ4v) is 6.62. The number of carboxylic acid groups (broad SMARTS) is 1. The Labute approximate surface area is 346 Å². The number of carboxylic acids is 1. The number of nitrogens with one attached hydrogen (secondary N) is 2. The Morgan fingerprint density at radius 3 is 1.80 bits per heavy atom. The standard InChI is InChI=1S/C28H29N5O9S.2K.2H/c29-21(36)12-31-25(39)16-5-1-3-14(7-16)18(34)9-20-24(27(41)42)33-23(38)11-28(33,43-20)10-19(35)15-4-2-6-17(8-15)26(40)32-13-22(30)37;;;;/h1-8,18-19,34-35H,9-13H2,(H2,29,36)(H2,30,37)(H,31,39)(H,32,40)(H,41,42);;;;/t18-,19-,28?;;;;/m0..../s1. The third-order valence-corrected chi connectivity index (χ3v) is 8.37. The van der Waals surface area contributed by atoms with E-state index in [1.807, 2.05) is 0 Å². The van der Waals surface area contributed by atoms with Gasteiger partial charge in [-0.15, -0.1) is 0 Å². The quantitative estimate of drug-likeness (QED) is 0.0931. The van der Waals surface area contributed by atoms with Gasteiger partial charge in [-0.25, -0.2) is 4.79 Å². The van der Waals surface area contributed by atoms with Gasteiger partial charge in [0, 0.05) is 28.9 Å². The molecule has 17 heteroatoms. The predicted octanol–water partition coefficient (Wildman–Crippen LogP) is -1.66. The van der Waals surface area contributed by atoms with Gasteiger partial charge in [0.1, 0.15) is 10.6 Å². The first-order chi connectivity index (χ1) is 20.3. The van der Waals surface area contributed by atoms with Gasteiger partial charge in [-0.3, -0.25) is 28.9 Å². The van der Waals surface area contributed by atoms with E-state index in [9.17, 15) is 44.1 Å². The van der Waals surface area contributed by atoms with E-state index in [0.29, 0.717) is 11.1 Å². The number of benzene rings is 2. The van der Waals surface area contributed by atoms with Crippen LogP contribution >= 0.6 is 11.8 Å². The van der Waals surface area contributed by atoms with Crippen molar-refractivity contribution in [1.29, 1.82) is 0 Å². The number of aliphatic hydroxyl groups is 2. The van der Waals surface area contributed by atoms with Crippen LogP contribution in [-0.2, 0) is 19.2 Å². The minimum absolute atomic E-state index is 0. The Balaban J connectivity index is 0.00000353. The van der Waals surface area contributed by atoms with Crippen molar-refractivity contribution < 1.29 is 44.1 Å². The van der Waals surface area contributed by atoms with E-state index in [-0.39, 0.29) is 157 Å². The third kappa shape index (κ3) is 9.56. The second-order valence-corrected chi connectivity index (χ2v) is 11.5. The van der Waals surface area contributed by atoms with E-state index >= 15 is 0 Å². The first-order valence-corrected chi connectivity index (χ1v) is 13.8. The molecule has 2 aliphatic heterocycles. The summed E-state index contributed by atoms with van der Waals surface area (Å²) in [5.74, 6) is -4.47. The van der Waals surface area contributed by atoms with Gasteiger partial charge in [0.15, 0.2) is 0 Å². The van der Waals surface area contributed by atoms with E-state index in [1.165, 1.54) is 36.4 Å².